The van der Waals surface area contributed by atoms with Crippen molar-refractivity contribution in [3.05, 3.63) is 34.6 Å². The van der Waals surface area contributed by atoms with Gasteiger partial charge in [0.2, 0.25) is 0 Å². The van der Waals surface area contributed by atoms with Gasteiger partial charge in [-0.05, 0) is 31.0 Å². The van der Waals surface area contributed by atoms with Crippen molar-refractivity contribution in [2.75, 3.05) is 26.3 Å². The quantitative estimate of drug-likeness (QED) is 0.926. The monoisotopic (exact) mass is 301 g/mol. The van der Waals surface area contributed by atoms with Crippen LogP contribution < -0.4 is 0 Å². The predicted molar refractivity (Wildman–Crippen MR) is 73.4 cm³/mol. The fourth-order valence-corrected chi connectivity index (χ4v) is 2.53. The van der Waals surface area contributed by atoms with E-state index in [0.29, 0.717) is 25.3 Å². The number of hydrogen-bond donors (Lipinski definition) is 1. The summed E-state index contributed by atoms with van der Waals surface area (Å²) >= 11 is 5.90. The molecule has 0 radical (unpaired) electrons. The first-order valence-corrected chi connectivity index (χ1v) is 6.96. The lowest BCUT2D eigenvalue weighted by Crippen LogP contribution is -2.41. The van der Waals surface area contributed by atoms with Gasteiger partial charge < -0.3 is 14.7 Å². The molecule has 1 amide bonds. The number of carbonyl (C=O) groups excluding carboxylic acids is 1. The van der Waals surface area contributed by atoms with E-state index in [1.165, 1.54) is 12.1 Å². The van der Waals surface area contributed by atoms with Gasteiger partial charge in [0.05, 0.1) is 29.9 Å². The minimum atomic E-state index is -0.456. The summed E-state index contributed by atoms with van der Waals surface area (Å²) < 4.78 is 18.4. The number of amides is 1. The standard InChI is InChI=1S/C14H17ClFNO3/c15-13-9-10(16)1-2-12(13)14(19)17-5-3-11(4-6-17)20-8-7-18/h1-2,9,11,18H,3-8H2. The average molecular weight is 302 g/mol. The molecule has 1 aromatic carbocycles. The van der Waals surface area contributed by atoms with Gasteiger partial charge in [-0.2, -0.15) is 0 Å². The molecule has 1 N–H and O–H groups in total. The van der Waals surface area contributed by atoms with Crippen LogP contribution in [0.2, 0.25) is 5.02 Å². The zero-order chi connectivity index (χ0) is 14.5. The SMILES string of the molecule is O=C(c1ccc(F)cc1Cl)N1CCC(OCCO)CC1. The molecular formula is C14H17ClFNO3. The second kappa shape index (κ2) is 7.02. The highest BCUT2D eigenvalue weighted by Crippen LogP contribution is 2.22. The summed E-state index contributed by atoms with van der Waals surface area (Å²) in [5, 5.41) is 8.84. The molecule has 1 heterocycles. The molecule has 0 saturated carbocycles. The number of aliphatic hydroxyl groups excluding tert-OH is 1. The van der Waals surface area contributed by atoms with Crippen molar-refractivity contribution < 1.29 is 19.0 Å². The lowest BCUT2D eigenvalue weighted by Gasteiger charge is -2.32. The van der Waals surface area contributed by atoms with Crippen LogP contribution >= 0.6 is 11.6 Å². The maximum Gasteiger partial charge on any atom is 0.255 e. The number of rotatable bonds is 4. The van der Waals surface area contributed by atoms with Crippen molar-refractivity contribution >= 4 is 17.5 Å². The summed E-state index contributed by atoms with van der Waals surface area (Å²) in [4.78, 5) is 14.0. The molecule has 1 saturated heterocycles. The molecule has 0 aromatic heterocycles. The van der Waals surface area contributed by atoms with E-state index < -0.39 is 5.82 Å². The molecule has 1 aliphatic rings. The van der Waals surface area contributed by atoms with E-state index in [2.05, 4.69) is 0 Å². The minimum absolute atomic E-state index is 0.00430. The summed E-state index contributed by atoms with van der Waals surface area (Å²) in [6, 6.07) is 3.79. The van der Waals surface area contributed by atoms with E-state index in [4.69, 9.17) is 21.4 Å². The highest BCUT2D eigenvalue weighted by atomic mass is 35.5. The summed E-state index contributed by atoms with van der Waals surface area (Å²) in [7, 11) is 0. The van der Waals surface area contributed by atoms with Crippen LogP contribution in [0.15, 0.2) is 18.2 Å². The maximum atomic E-state index is 13.0. The van der Waals surface area contributed by atoms with Crippen LogP contribution in [0, 0.1) is 5.82 Å². The summed E-state index contributed by atoms with van der Waals surface area (Å²) in [6.45, 7) is 1.47. The number of aliphatic hydroxyl groups is 1. The largest absolute Gasteiger partial charge is 0.394 e. The zero-order valence-corrected chi connectivity index (χ0v) is 11.8. The van der Waals surface area contributed by atoms with Crippen molar-refractivity contribution in [3.8, 4) is 0 Å². The van der Waals surface area contributed by atoms with Crippen LogP contribution in [0.1, 0.15) is 23.2 Å². The van der Waals surface area contributed by atoms with Crippen LogP contribution in [0.4, 0.5) is 4.39 Å². The van der Waals surface area contributed by atoms with Crippen molar-refractivity contribution in [1.29, 1.82) is 0 Å². The number of likely N-dealkylation sites (tertiary alicyclic amines) is 1. The number of hydrogen-bond acceptors (Lipinski definition) is 3. The number of halogens is 2. The number of benzene rings is 1. The Morgan fingerprint density at radius 1 is 1.45 bits per heavy atom. The highest BCUT2D eigenvalue weighted by Gasteiger charge is 2.25. The van der Waals surface area contributed by atoms with Crippen LogP contribution in [0.3, 0.4) is 0 Å². The second-order valence-electron chi connectivity index (χ2n) is 4.71. The Bertz CT molecular complexity index is 475. The first-order valence-electron chi connectivity index (χ1n) is 6.58. The fourth-order valence-electron chi connectivity index (χ4n) is 2.28. The lowest BCUT2D eigenvalue weighted by molar-refractivity contribution is -0.00553. The third kappa shape index (κ3) is 3.69. The predicted octanol–water partition coefficient (Wildman–Crippen LogP) is 2.09. The van der Waals surface area contributed by atoms with E-state index in [0.717, 1.165) is 18.9 Å². The molecule has 4 nitrogen and oxygen atoms in total. The average Bonchev–Trinajstić information content (AvgIpc) is 2.45. The maximum absolute atomic E-state index is 13.0. The summed E-state index contributed by atoms with van der Waals surface area (Å²) in [6.07, 6.45) is 1.53. The van der Waals surface area contributed by atoms with Gasteiger partial charge in [0.25, 0.3) is 5.91 Å². The molecule has 6 heteroatoms. The Hall–Kier alpha value is -1.17. The van der Waals surface area contributed by atoms with Crippen molar-refractivity contribution in [3.63, 3.8) is 0 Å². The Morgan fingerprint density at radius 2 is 2.15 bits per heavy atom. The molecule has 1 aromatic rings. The van der Waals surface area contributed by atoms with Gasteiger partial charge in [-0.25, -0.2) is 4.39 Å². The molecule has 0 aliphatic carbocycles. The van der Waals surface area contributed by atoms with E-state index in [9.17, 15) is 9.18 Å². The van der Waals surface area contributed by atoms with Gasteiger partial charge in [0, 0.05) is 13.1 Å². The van der Waals surface area contributed by atoms with Crippen molar-refractivity contribution in [2.45, 2.75) is 18.9 Å². The smallest absolute Gasteiger partial charge is 0.255 e. The molecule has 0 atom stereocenters. The topological polar surface area (TPSA) is 49.8 Å². The molecule has 110 valence electrons. The zero-order valence-electron chi connectivity index (χ0n) is 11.0. The van der Waals surface area contributed by atoms with Crippen LogP contribution in [0.5, 0.6) is 0 Å². The molecule has 0 bridgehead atoms. The molecule has 0 unspecified atom stereocenters. The number of nitrogens with zero attached hydrogens (tertiary/aromatic N) is 1. The first kappa shape index (κ1) is 15.2. The van der Waals surface area contributed by atoms with E-state index in [1.54, 1.807) is 4.90 Å². The number of ether oxygens (including phenoxy) is 1. The van der Waals surface area contributed by atoms with Gasteiger partial charge in [0.1, 0.15) is 5.82 Å². The molecule has 1 aliphatic heterocycles. The second-order valence-corrected chi connectivity index (χ2v) is 5.12. The lowest BCUT2D eigenvalue weighted by atomic mass is 10.1. The fraction of sp³-hybridized carbons (Fsp3) is 0.500. The van der Waals surface area contributed by atoms with Gasteiger partial charge in [0.15, 0.2) is 0 Å². The molecule has 0 spiro atoms. The van der Waals surface area contributed by atoms with Gasteiger partial charge >= 0.3 is 0 Å². The summed E-state index contributed by atoms with van der Waals surface area (Å²) in [5.41, 5.74) is 0.322. The van der Waals surface area contributed by atoms with Gasteiger partial charge in [-0.15, -0.1) is 0 Å². The number of carbonyl (C=O) groups is 1. The molecule has 1 fully saturated rings. The van der Waals surface area contributed by atoms with Crippen LogP contribution in [-0.4, -0.2) is 48.3 Å². The van der Waals surface area contributed by atoms with E-state index >= 15 is 0 Å². The van der Waals surface area contributed by atoms with Gasteiger partial charge in [-0.1, -0.05) is 11.6 Å². The number of piperidine rings is 1. The third-order valence-corrected chi connectivity index (χ3v) is 3.65. The van der Waals surface area contributed by atoms with E-state index in [1.807, 2.05) is 0 Å². The van der Waals surface area contributed by atoms with Crippen LogP contribution in [0.25, 0.3) is 0 Å². The Balaban J connectivity index is 1.94. The third-order valence-electron chi connectivity index (χ3n) is 3.34. The molecule has 20 heavy (non-hydrogen) atoms. The van der Waals surface area contributed by atoms with Crippen LogP contribution in [-0.2, 0) is 4.74 Å². The Kier molecular flexibility index (Phi) is 5.34. The van der Waals surface area contributed by atoms with Gasteiger partial charge in [-0.3, -0.25) is 4.79 Å². The van der Waals surface area contributed by atoms with Crippen molar-refractivity contribution in [1.82, 2.24) is 4.90 Å². The minimum Gasteiger partial charge on any atom is -0.394 e. The normalized spacial score (nSPS) is 16.4. The summed E-state index contributed by atoms with van der Waals surface area (Å²) in [5.74, 6) is -0.640. The first-order chi connectivity index (χ1) is 9.61. The molecule has 2 rings (SSSR count). The van der Waals surface area contributed by atoms with E-state index in [-0.39, 0.29) is 23.6 Å². The Labute approximate surface area is 122 Å². The molecular weight excluding hydrogens is 285 g/mol. The highest BCUT2D eigenvalue weighted by molar-refractivity contribution is 6.33. The van der Waals surface area contributed by atoms with Crippen molar-refractivity contribution in [2.24, 2.45) is 0 Å². The Morgan fingerprint density at radius 3 is 2.75 bits per heavy atom.